The van der Waals surface area contributed by atoms with E-state index in [1.165, 1.54) is 12.8 Å². The Balaban J connectivity index is 1.72. The number of benzene rings is 1. The third kappa shape index (κ3) is 2.34. The zero-order valence-corrected chi connectivity index (χ0v) is 10.6. The highest BCUT2D eigenvalue weighted by Crippen LogP contribution is 2.22. The molecule has 0 radical (unpaired) electrons. The van der Waals surface area contributed by atoms with Crippen LogP contribution in [0.15, 0.2) is 28.7 Å². The number of nitrogens with zero attached hydrogens (tertiary/aromatic N) is 2. The fourth-order valence-electron chi connectivity index (χ4n) is 2.36. The van der Waals surface area contributed by atoms with E-state index in [9.17, 15) is 0 Å². The molecule has 0 N–H and O–H groups in total. The highest BCUT2D eigenvalue weighted by molar-refractivity contribution is 5.74. The molecule has 0 bridgehead atoms. The van der Waals surface area contributed by atoms with E-state index in [-0.39, 0.29) is 0 Å². The minimum Gasteiger partial charge on any atom is -0.423 e. The lowest BCUT2D eigenvalue weighted by molar-refractivity contribution is 0.0211. The molecular formula is C14H18N2O2. The van der Waals surface area contributed by atoms with Gasteiger partial charge in [0.05, 0.1) is 6.10 Å². The van der Waals surface area contributed by atoms with Gasteiger partial charge in [-0.1, -0.05) is 12.1 Å². The summed E-state index contributed by atoms with van der Waals surface area (Å²) in [5.41, 5.74) is 1.74. The molecule has 1 atom stereocenters. The van der Waals surface area contributed by atoms with Gasteiger partial charge >= 0.3 is 0 Å². The van der Waals surface area contributed by atoms with Crippen molar-refractivity contribution < 1.29 is 9.15 Å². The Morgan fingerprint density at radius 1 is 1.33 bits per heavy atom. The number of hydrogen-bond donors (Lipinski definition) is 0. The topological polar surface area (TPSA) is 38.5 Å². The summed E-state index contributed by atoms with van der Waals surface area (Å²) >= 11 is 0. The second-order valence-corrected chi connectivity index (χ2v) is 4.83. The van der Waals surface area contributed by atoms with Crippen molar-refractivity contribution >= 4 is 17.1 Å². The summed E-state index contributed by atoms with van der Waals surface area (Å²) < 4.78 is 11.5. The predicted octanol–water partition coefficient (Wildman–Crippen LogP) is 2.83. The van der Waals surface area contributed by atoms with Crippen molar-refractivity contribution in [2.24, 2.45) is 0 Å². The maximum atomic E-state index is 5.73. The number of fused-ring (bicyclic) bond motifs is 1. The van der Waals surface area contributed by atoms with Crippen LogP contribution in [0.1, 0.15) is 19.3 Å². The first-order valence-electron chi connectivity index (χ1n) is 6.51. The van der Waals surface area contributed by atoms with E-state index in [2.05, 4.69) is 4.98 Å². The summed E-state index contributed by atoms with van der Waals surface area (Å²) in [6.07, 6.45) is 3.87. The van der Waals surface area contributed by atoms with E-state index < -0.39 is 0 Å². The standard InChI is InChI=1S/C14H18N2O2/c1-16(10-11-6-4-5-9-17-11)14-15-12-7-2-3-8-13(12)18-14/h2-3,7-8,11H,4-6,9-10H2,1H3. The van der Waals surface area contributed by atoms with Crippen molar-refractivity contribution in [2.45, 2.75) is 25.4 Å². The molecule has 0 aliphatic carbocycles. The molecule has 2 heterocycles. The molecule has 1 aliphatic heterocycles. The molecule has 1 aromatic carbocycles. The third-order valence-corrected chi connectivity index (χ3v) is 3.36. The Labute approximate surface area is 107 Å². The van der Waals surface area contributed by atoms with Gasteiger partial charge in [0.15, 0.2) is 5.58 Å². The summed E-state index contributed by atoms with van der Waals surface area (Å²) in [6, 6.07) is 8.51. The number of oxazole rings is 1. The van der Waals surface area contributed by atoms with Gasteiger partial charge in [0.25, 0.3) is 6.01 Å². The van der Waals surface area contributed by atoms with E-state index in [1.54, 1.807) is 0 Å². The van der Waals surface area contributed by atoms with Gasteiger partial charge in [-0.15, -0.1) is 0 Å². The van der Waals surface area contributed by atoms with E-state index in [0.717, 1.165) is 30.7 Å². The van der Waals surface area contributed by atoms with Crippen molar-refractivity contribution in [1.82, 2.24) is 4.98 Å². The van der Waals surface area contributed by atoms with Gasteiger partial charge in [0.1, 0.15) is 5.52 Å². The summed E-state index contributed by atoms with van der Waals surface area (Å²) in [5, 5.41) is 0. The molecule has 4 heteroatoms. The summed E-state index contributed by atoms with van der Waals surface area (Å²) in [5.74, 6) is 0. The van der Waals surface area contributed by atoms with Crippen LogP contribution in [-0.4, -0.2) is 31.3 Å². The number of likely N-dealkylation sites (N-methyl/N-ethyl adjacent to an activating group) is 1. The fraction of sp³-hybridized carbons (Fsp3) is 0.500. The maximum Gasteiger partial charge on any atom is 0.298 e. The van der Waals surface area contributed by atoms with Crippen LogP contribution in [-0.2, 0) is 4.74 Å². The van der Waals surface area contributed by atoms with Crippen LogP contribution in [0.25, 0.3) is 11.1 Å². The van der Waals surface area contributed by atoms with E-state index in [1.807, 2.05) is 36.2 Å². The molecule has 96 valence electrons. The fourth-order valence-corrected chi connectivity index (χ4v) is 2.36. The Hall–Kier alpha value is -1.55. The van der Waals surface area contributed by atoms with Crippen LogP contribution in [0.2, 0.25) is 0 Å². The van der Waals surface area contributed by atoms with Gasteiger partial charge in [0.2, 0.25) is 0 Å². The highest BCUT2D eigenvalue weighted by atomic mass is 16.5. The number of para-hydroxylation sites is 2. The van der Waals surface area contributed by atoms with Crippen LogP contribution < -0.4 is 4.90 Å². The maximum absolute atomic E-state index is 5.73. The van der Waals surface area contributed by atoms with E-state index in [4.69, 9.17) is 9.15 Å². The molecule has 1 aromatic heterocycles. The molecular weight excluding hydrogens is 228 g/mol. The molecule has 1 saturated heterocycles. The first-order chi connectivity index (χ1) is 8.83. The smallest absolute Gasteiger partial charge is 0.298 e. The lowest BCUT2D eigenvalue weighted by Crippen LogP contribution is -2.33. The number of anilines is 1. The van der Waals surface area contributed by atoms with Crippen LogP contribution in [0, 0.1) is 0 Å². The largest absolute Gasteiger partial charge is 0.423 e. The summed E-state index contributed by atoms with van der Waals surface area (Å²) in [7, 11) is 2.00. The van der Waals surface area contributed by atoms with Crippen LogP contribution in [0.5, 0.6) is 0 Å². The van der Waals surface area contributed by atoms with E-state index in [0.29, 0.717) is 12.1 Å². The minimum absolute atomic E-state index is 0.304. The number of rotatable bonds is 3. The molecule has 3 rings (SSSR count). The Bertz CT molecular complexity index is 484. The first-order valence-corrected chi connectivity index (χ1v) is 6.51. The second kappa shape index (κ2) is 4.98. The molecule has 1 unspecified atom stereocenters. The number of aromatic nitrogens is 1. The van der Waals surface area contributed by atoms with Crippen molar-refractivity contribution in [3.05, 3.63) is 24.3 Å². The number of ether oxygens (including phenoxy) is 1. The van der Waals surface area contributed by atoms with Gasteiger partial charge < -0.3 is 14.1 Å². The van der Waals surface area contributed by atoms with Gasteiger partial charge in [-0.2, -0.15) is 4.98 Å². The van der Waals surface area contributed by atoms with Gasteiger partial charge in [-0.25, -0.2) is 0 Å². The van der Waals surface area contributed by atoms with Gasteiger partial charge in [0, 0.05) is 20.2 Å². The lowest BCUT2D eigenvalue weighted by Gasteiger charge is -2.26. The molecule has 0 spiro atoms. The van der Waals surface area contributed by atoms with E-state index >= 15 is 0 Å². The molecule has 18 heavy (non-hydrogen) atoms. The van der Waals surface area contributed by atoms with Crippen molar-refractivity contribution in [1.29, 1.82) is 0 Å². The SMILES string of the molecule is CN(CC1CCCCO1)c1nc2ccccc2o1. The molecule has 0 amide bonds. The van der Waals surface area contributed by atoms with Crippen molar-refractivity contribution in [3.8, 4) is 0 Å². The quantitative estimate of drug-likeness (QED) is 0.834. The predicted molar refractivity (Wildman–Crippen MR) is 70.9 cm³/mol. The molecule has 4 nitrogen and oxygen atoms in total. The Morgan fingerprint density at radius 3 is 3.00 bits per heavy atom. The Kier molecular flexibility index (Phi) is 3.19. The molecule has 0 saturated carbocycles. The third-order valence-electron chi connectivity index (χ3n) is 3.36. The lowest BCUT2D eigenvalue weighted by atomic mass is 10.1. The normalized spacial score (nSPS) is 20.2. The van der Waals surface area contributed by atoms with Gasteiger partial charge in [-0.05, 0) is 31.4 Å². The first kappa shape index (κ1) is 11.5. The monoisotopic (exact) mass is 246 g/mol. The van der Waals surface area contributed by atoms with Crippen LogP contribution in [0.3, 0.4) is 0 Å². The number of hydrogen-bond acceptors (Lipinski definition) is 4. The minimum atomic E-state index is 0.304. The zero-order valence-electron chi connectivity index (χ0n) is 10.6. The molecule has 2 aromatic rings. The highest BCUT2D eigenvalue weighted by Gasteiger charge is 2.18. The average molecular weight is 246 g/mol. The molecule has 1 aliphatic rings. The van der Waals surface area contributed by atoms with Crippen LogP contribution in [0.4, 0.5) is 6.01 Å². The van der Waals surface area contributed by atoms with Crippen LogP contribution >= 0.6 is 0 Å². The van der Waals surface area contributed by atoms with Gasteiger partial charge in [-0.3, -0.25) is 0 Å². The zero-order chi connectivity index (χ0) is 12.4. The Morgan fingerprint density at radius 2 is 2.22 bits per heavy atom. The van der Waals surface area contributed by atoms with Crippen molar-refractivity contribution in [3.63, 3.8) is 0 Å². The second-order valence-electron chi connectivity index (χ2n) is 4.83. The summed E-state index contributed by atoms with van der Waals surface area (Å²) in [6.45, 7) is 1.72. The molecule has 1 fully saturated rings. The average Bonchev–Trinajstić information content (AvgIpc) is 2.84. The summed E-state index contributed by atoms with van der Waals surface area (Å²) in [4.78, 5) is 6.52. The van der Waals surface area contributed by atoms with Crippen molar-refractivity contribution in [2.75, 3.05) is 25.1 Å².